The summed E-state index contributed by atoms with van der Waals surface area (Å²) in [6.07, 6.45) is 4.00. The third kappa shape index (κ3) is 3.34. The van der Waals surface area contributed by atoms with Crippen LogP contribution < -0.4 is 5.73 Å². The van der Waals surface area contributed by atoms with Crippen LogP contribution in [0.5, 0.6) is 0 Å². The van der Waals surface area contributed by atoms with E-state index in [1.165, 1.54) is 19.3 Å². The first-order valence-electron chi connectivity index (χ1n) is 7.16. The number of hydrogen-bond donors (Lipinski definition) is 1. The summed E-state index contributed by atoms with van der Waals surface area (Å²) < 4.78 is 0. The molecule has 19 heavy (non-hydrogen) atoms. The Balaban J connectivity index is 2.06. The molecule has 0 spiro atoms. The van der Waals surface area contributed by atoms with Crippen molar-refractivity contribution >= 4 is 0 Å². The Morgan fingerprint density at radius 1 is 1.37 bits per heavy atom. The van der Waals surface area contributed by atoms with E-state index in [0.29, 0.717) is 6.54 Å². The maximum absolute atomic E-state index is 9.49. The van der Waals surface area contributed by atoms with Crippen LogP contribution in [0.3, 0.4) is 0 Å². The molecule has 1 saturated carbocycles. The van der Waals surface area contributed by atoms with Gasteiger partial charge in [0, 0.05) is 13.1 Å². The van der Waals surface area contributed by atoms with Gasteiger partial charge in [0.25, 0.3) is 0 Å². The van der Waals surface area contributed by atoms with Gasteiger partial charge in [0.15, 0.2) is 0 Å². The third-order valence-electron chi connectivity index (χ3n) is 4.15. The highest BCUT2D eigenvalue weighted by molar-refractivity contribution is 5.31. The molecule has 1 aliphatic carbocycles. The first-order valence-corrected chi connectivity index (χ1v) is 7.16. The molecule has 102 valence electrons. The van der Waals surface area contributed by atoms with Crippen LogP contribution in [0.2, 0.25) is 0 Å². The molecule has 1 atom stereocenters. The Morgan fingerprint density at radius 3 is 2.53 bits per heavy atom. The van der Waals surface area contributed by atoms with Crippen LogP contribution in [-0.2, 0) is 5.54 Å². The fourth-order valence-electron chi connectivity index (χ4n) is 2.63. The average Bonchev–Trinajstić information content (AvgIpc) is 2.42. The molecule has 2 N–H and O–H groups in total. The minimum atomic E-state index is -0.902. The molecular weight excluding hydrogens is 234 g/mol. The number of nitrogens with zero attached hydrogens (tertiary/aromatic N) is 2. The summed E-state index contributed by atoms with van der Waals surface area (Å²) >= 11 is 0. The zero-order valence-corrected chi connectivity index (χ0v) is 11.7. The first kappa shape index (κ1) is 14.0. The van der Waals surface area contributed by atoms with Gasteiger partial charge in [-0.1, -0.05) is 43.7 Å². The summed E-state index contributed by atoms with van der Waals surface area (Å²) in [7, 11) is 0. The zero-order valence-electron chi connectivity index (χ0n) is 11.7. The molecule has 1 aromatic carbocycles. The molecule has 1 fully saturated rings. The minimum Gasteiger partial charge on any atom is -0.309 e. The van der Waals surface area contributed by atoms with Crippen molar-refractivity contribution in [1.29, 1.82) is 5.26 Å². The Hall–Kier alpha value is -1.37. The highest BCUT2D eigenvalue weighted by Gasteiger charge is 2.31. The average molecular weight is 257 g/mol. The van der Waals surface area contributed by atoms with Gasteiger partial charge in [0.1, 0.15) is 5.54 Å². The number of benzene rings is 1. The molecule has 1 unspecified atom stereocenters. The van der Waals surface area contributed by atoms with E-state index in [-0.39, 0.29) is 0 Å². The van der Waals surface area contributed by atoms with Crippen LogP contribution in [0.25, 0.3) is 0 Å². The smallest absolute Gasteiger partial charge is 0.142 e. The first-order chi connectivity index (χ1) is 9.18. The summed E-state index contributed by atoms with van der Waals surface area (Å²) in [4.78, 5) is 2.32. The molecule has 0 saturated heterocycles. The molecule has 0 aromatic heterocycles. The number of nitrogens with two attached hydrogens (primary N) is 1. The largest absolute Gasteiger partial charge is 0.309 e. The van der Waals surface area contributed by atoms with Gasteiger partial charge in [-0.05, 0) is 30.9 Å². The van der Waals surface area contributed by atoms with E-state index in [9.17, 15) is 5.26 Å². The molecule has 0 heterocycles. The Kier molecular flexibility index (Phi) is 4.57. The number of hydrogen-bond acceptors (Lipinski definition) is 3. The van der Waals surface area contributed by atoms with E-state index >= 15 is 0 Å². The Bertz CT molecular complexity index is 433. The van der Waals surface area contributed by atoms with Gasteiger partial charge >= 0.3 is 0 Å². The normalized spacial score (nSPS) is 18.6. The second-order valence-electron chi connectivity index (χ2n) is 5.57. The van der Waals surface area contributed by atoms with Crippen molar-refractivity contribution in [3.8, 4) is 6.07 Å². The molecule has 0 bridgehead atoms. The number of rotatable bonds is 6. The summed E-state index contributed by atoms with van der Waals surface area (Å²) in [6.45, 7) is 4.77. The maximum Gasteiger partial charge on any atom is 0.142 e. The predicted molar refractivity (Wildman–Crippen MR) is 77.4 cm³/mol. The lowest BCUT2D eigenvalue weighted by atomic mass is 9.84. The zero-order chi connectivity index (χ0) is 13.7. The second-order valence-corrected chi connectivity index (χ2v) is 5.57. The standard InChI is InChI=1S/C16H23N3/c1-2-19(11-14-7-6-8-14)13-16(18,12-17)15-9-4-3-5-10-15/h3-5,9-10,14H,2,6-8,11,13,18H2,1H3. The number of nitriles is 1. The van der Waals surface area contributed by atoms with E-state index in [0.717, 1.165) is 24.6 Å². The van der Waals surface area contributed by atoms with Crippen molar-refractivity contribution in [1.82, 2.24) is 4.90 Å². The monoisotopic (exact) mass is 257 g/mol. The van der Waals surface area contributed by atoms with E-state index in [1.807, 2.05) is 30.3 Å². The van der Waals surface area contributed by atoms with Crippen LogP contribution in [0, 0.1) is 17.2 Å². The predicted octanol–water partition coefficient (Wildman–Crippen LogP) is 2.49. The lowest BCUT2D eigenvalue weighted by Crippen LogP contribution is -2.48. The Labute approximate surface area is 116 Å². The van der Waals surface area contributed by atoms with Crippen LogP contribution in [0.4, 0.5) is 0 Å². The highest BCUT2D eigenvalue weighted by Crippen LogP contribution is 2.28. The summed E-state index contributed by atoms with van der Waals surface area (Å²) in [6, 6.07) is 12.0. The molecule has 2 rings (SSSR count). The van der Waals surface area contributed by atoms with Gasteiger partial charge in [-0.25, -0.2) is 0 Å². The van der Waals surface area contributed by atoms with Crippen LogP contribution in [-0.4, -0.2) is 24.5 Å². The molecule has 3 nitrogen and oxygen atoms in total. The minimum absolute atomic E-state index is 0.612. The fourth-order valence-corrected chi connectivity index (χ4v) is 2.63. The van der Waals surface area contributed by atoms with Crippen molar-refractivity contribution in [3.05, 3.63) is 35.9 Å². The van der Waals surface area contributed by atoms with E-state index in [4.69, 9.17) is 5.73 Å². The van der Waals surface area contributed by atoms with Gasteiger partial charge in [0.2, 0.25) is 0 Å². The van der Waals surface area contributed by atoms with E-state index in [2.05, 4.69) is 17.9 Å². The molecule has 0 amide bonds. The second kappa shape index (κ2) is 6.18. The van der Waals surface area contributed by atoms with Crippen molar-refractivity contribution in [2.45, 2.75) is 31.7 Å². The van der Waals surface area contributed by atoms with Crippen LogP contribution in [0.15, 0.2) is 30.3 Å². The van der Waals surface area contributed by atoms with E-state index in [1.54, 1.807) is 0 Å². The SMILES string of the molecule is CCN(CC1CCC1)CC(N)(C#N)c1ccccc1. The summed E-state index contributed by atoms with van der Waals surface area (Å²) in [5.74, 6) is 0.804. The highest BCUT2D eigenvalue weighted by atomic mass is 15.1. The summed E-state index contributed by atoms with van der Waals surface area (Å²) in [5, 5.41) is 9.49. The Morgan fingerprint density at radius 2 is 2.05 bits per heavy atom. The topological polar surface area (TPSA) is 53.0 Å². The third-order valence-corrected chi connectivity index (χ3v) is 4.15. The van der Waals surface area contributed by atoms with Crippen LogP contribution in [0.1, 0.15) is 31.7 Å². The van der Waals surface area contributed by atoms with Gasteiger partial charge < -0.3 is 10.6 Å². The quantitative estimate of drug-likeness (QED) is 0.852. The van der Waals surface area contributed by atoms with Gasteiger partial charge in [0.05, 0.1) is 6.07 Å². The lowest BCUT2D eigenvalue weighted by Gasteiger charge is -2.35. The molecule has 3 heteroatoms. The maximum atomic E-state index is 9.49. The molecule has 1 aromatic rings. The van der Waals surface area contributed by atoms with Crippen molar-refractivity contribution in [2.75, 3.05) is 19.6 Å². The van der Waals surface area contributed by atoms with E-state index < -0.39 is 5.54 Å². The lowest BCUT2D eigenvalue weighted by molar-refractivity contribution is 0.165. The van der Waals surface area contributed by atoms with Crippen molar-refractivity contribution in [3.63, 3.8) is 0 Å². The van der Waals surface area contributed by atoms with Gasteiger partial charge in [-0.3, -0.25) is 0 Å². The molecule has 0 radical (unpaired) electrons. The van der Waals surface area contributed by atoms with Gasteiger partial charge in [-0.15, -0.1) is 0 Å². The fraction of sp³-hybridized carbons (Fsp3) is 0.562. The molecule has 1 aliphatic rings. The number of likely N-dealkylation sites (N-methyl/N-ethyl adjacent to an activating group) is 1. The van der Waals surface area contributed by atoms with Gasteiger partial charge in [-0.2, -0.15) is 5.26 Å². The molecular formula is C16H23N3. The van der Waals surface area contributed by atoms with Crippen molar-refractivity contribution < 1.29 is 0 Å². The van der Waals surface area contributed by atoms with Crippen molar-refractivity contribution in [2.24, 2.45) is 11.7 Å². The van der Waals surface area contributed by atoms with Crippen LogP contribution >= 0.6 is 0 Å². The summed E-state index contributed by atoms with van der Waals surface area (Å²) in [5.41, 5.74) is 6.33. The molecule has 0 aliphatic heterocycles.